The van der Waals surface area contributed by atoms with E-state index in [2.05, 4.69) is 83.7 Å². The van der Waals surface area contributed by atoms with Crippen molar-refractivity contribution in [3.8, 4) is 0 Å². The Hall–Kier alpha value is -0.526. The molecule has 0 saturated carbocycles. The largest absolute Gasteiger partial charge is 0.414 e. The third-order valence-corrected chi connectivity index (χ3v) is 17.6. The van der Waals surface area contributed by atoms with E-state index in [9.17, 15) is 9.59 Å². The zero-order valence-electron chi connectivity index (χ0n) is 23.7. The van der Waals surface area contributed by atoms with Gasteiger partial charge in [-0.2, -0.15) is 0 Å². The fourth-order valence-corrected chi connectivity index (χ4v) is 6.21. The summed E-state index contributed by atoms with van der Waals surface area (Å²) in [5.74, 6) is 0. The summed E-state index contributed by atoms with van der Waals surface area (Å²) in [4.78, 5) is 26.0. The second kappa shape index (κ2) is 11.1. The monoisotopic (exact) mass is 590 g/mol. The van der Waals surface area contributed by atoms with Gasteiger partial charge in [0.25, 0.3) is 5.56 Å². The van der Waals surface area contributed by atoms with Gasteiger partial charge in [-0.15, -0.1) is 0 Å². The fourth-order valence-electron chi connectivity index (χ4n) is 3.59. The standard InChI is InChI=1S/C25H47BrN2O5Si2/c1-18-16-28(23(30)27(22(18)29)14-12-13-26)21-15-19(33-35(10,11)25(5,6)7)20(32-21)17-31-34(8,9)24(2,3)4/h16,19-21H,12-15,17H2,1-11H3/t19-,20+,21+/m0/s1. The van der Waals surface area contributed by atoms with Crippen LogP contribution in [0.1, 0.15) is 66.2 Å². The molecule has 0 N–H and O–H groups in total. The lowest BCUT2D eigenvalue weighted by molar-refractivity contribution is -0.0417. The van der Waals surface area contributed by atoms with Crippen molar-refractivity contribution in [2.75, 3.05) is 11.9 Å². The zero-order chi connectivity index (χ0) is 27.0. The Kier molecular flexibility index (Phi) is 9.71. The van der Waals surface area contributed by atoms with Gasteiger partial charge in [0.15, 0.2) is 16.6 Å². The topological polar surface area (TPSA) is 71.7 Å². The summed E-state index contributed by atoms with van der Waals surface area (Å²) in [6.45, 7) is 24.8. The Morgan fingerprint density at radius 3 is 2.14 bits per heavy atom. The molecule has 3 atom stereocenters. The van der Waals surface area contributed by atoms with E-state index in [0.717, 1.165) is 5.33 Å². The number of aromatic nitrogens is 2. The van der Waals surface area contributed by atoms with E-state index in [1.54, 1.807) is 17.7 Å². The van der Waals surface area contributed by atoms with Gasteiger partial charge in [0.1, 0.15) is 12.3 Å². The maximum Gasteiger partial charge on any atom is 0.333 e. The fraction of sp³-hybridized carbons (Fsp3) is 0.840. The van der Waals surface area contributed by atoms with Crippen molar-refractivity contribution in [2.45, 2.75) is 123 Å². The van der Waals surface area contributed by atoms with Gasteiger partial charge < -0.3 is 13.6 Å². The first-order chi connectivity index (χ1) is 15.8. The van der Waals surface area contributed by atoms with E-state index in [1.807, 2.05) is 0 Å². The highest BCUT2D eigenvalue weighted by molar-refractivity contribution is 9.09. The molecule has 0 bridgehead atoms. The summed E-state index contributed by atoms with van der Waals surface area (Å²) in [6.07, 6.45) is 1.93. The maximum absolute atomic E-state index is 13.3. The minimum atomic E-state index is -2.09. The van der Waals surface area contributed by atoms with E-state index in [0.29, 0.717) is 31.6 Å². The molecular formula is C25H47BrN2O5Si2. The molecule has 0 radical (unpaired) electrons. The third-order valence-electron chi connectivity index (χ3n) is 8.04. The van der Waals surface area contributed by atoms with Crippen LogP contribution in [0.15, 0.2) is 15.8 Å². The van der Waals surface area contributed by atoms with Gasteiger partial charge in [-0.3, -0.25) is 13.9 Å². The summed E-state index contributed by atoms with van der Waals surface area (Å²) < 4.78 is 22.8. The molecule has 10 heteroatoms. The molecule has 2 heterocycles. The second-order valence-corrected chi connectivity index (χ2v) is 23.2. The molecule has 1 aliphatic heterocycles. The molecule has 0 aliphatic carbocycles. The van der Waals surface area contributed by atoms with Crippen molar-refractivity contribution in [2.24, 2.45) is 0 Å². The lowest BCUT2D eigenvalue weighted by atomic mass is 10.2. The van der Waals surface area contributed by atoms with E-state index < -0.39 is 22.9 Å². The first kappa shape index (κ1) is 30.7. The highest BCUT2D eigenvalue weighted by atomic mass is 79.9. The number of ether oxygens (including phenoxy) is 1. The Balaban J connectivity index is 2.41. The minimum absolute atomic E-state index is 0.0479. The Morgan fingerprint density at radius 1 is 1.06 bits per heavy atom. The molecule has 1 aromatic heterocycles. The zero-order valence-corrected chi connectivity index (χ0v) is 27.2. The predicted molar refractivity (Wildman–Crippen MR) is 152 cm³/mol. The molecule has 202 valence electrons. The van der Waals surface area contributed by atoms with Gasteiger partial charge >= 0.3 is 5.69 Å². The van der Waals surface area contributed by atoms with Crippen LogP contribution in [0.5, 0.6) is 0 Å². The number of hydrogen-bond donors (Lipinski definition) is 0. The molecule has 35 heavy (non-hydrogen) atoms. The van der Waals surface area contributed by atoms with Crippen molar-refractivity contribution in [3.05, 3.63) is 32.6 Å². The van der Waals surface area contributed by atoms with Gasteiger partial charge in [-0.25, -0.2) is 4.79 Å². The van der Waals surface area contributed by atoms with Crippen LogP contribution in [-0.4, -0.2) is 49.9 Å². The normalized spacial score (nSPS) is 22.1. The smallest absolute Gasteiger partial charge is 0.333 e. The lowest BCUT2D eigenvalue weighted by Gasteiger charge is -2.40. The highest BCUT2D eigenvalue weighted by Gasteiger charge is 2.46. The number of hydrogen-bond acceptors (Lipinski definition) is 5. The van der Waals surface area contributed by atoms with Crippen LogP contribution in [0, 0.1) is 6.92 Å². The Bertz CT molecular complexity index is 992. The minimum Gasteiger partial charge on any atom is -0.414 e. The molecule has 1 saturated heterocycles. The van der Waals surface area contributed by atoms with Crippen LogP contribution in [0.3, 0.4) is 0 Å². The van der Waals surface area contributed by atoms with E-state index in [-0.39, 0.29) is 33.5 Å². The highest BCUT2D eigenvalue weighted by Crippen LogP contribution is 2.42. The SMILES string of the molecule is Cc1cn([C@H]2C[C@H](O[Si](C)(C)C(C)(C)C)[C@@H](CO[Si](C)(C)C(C)(C)C)O2)c(=O)n(CCCBr)c1=O. The first-order valence-corrected chi connectivity index (χ1v) is 19.6. The maximum atomic E-state index is 13.3. The second-order valence-electron chi connectivity index (χ2n) is 12.9. The molecule has 0 spiro atoms. The summed E-state index contributed by atoms with van der Waals surface area (Å²) in [5, 5.41) is 0.855. The van der Waals surface area contributed by atoms with Gasteiger partial charge in [-0.05, 0) is 49.6 Å². The van der Waals surface area contributed by atoms with Gasteiger partial charge in [0.2, 0.25) is 0 Å². The van der Waals surface area contributed by atoms with Crippen LogP contribution >= 0.6 is 15.9 Å². The van der Waals surface area contributed by atoms with E-state index >= 15 is 0 Å². The van der Waals surface area contributed by atoms with Crippen molar-refractivity contribution in [3.63, 3.8) is 0 Å². The molecule has 0 unspecified atom stereocenters. The number of aryl methyl sites for hydroxylation is 1. The molecule has 1 aliphatic rings. The molecule has 0 aromatic carbocycles. The van der Waals surface area contributed by atoms with Gasteiger partial charge in [-0.1, -0.05) is 57.5 Å². The van der Waals surface area contributed by atoms with Crippen LogP contribution in [0.4, 0.5) is 0 Å². The van der Waals surface area contributed by atoms with E-state index in [1.165, 1.54) is 4.57 Å². The number of halogens is 1. The summed E-state index contributed by atoms with van der Waals surface area (Å²) in [6, 6.07) is 0. The van der Waals surface area contributed by atoms with Crippen molar-refractivity contribution >= 4 is 32.6 Å². The third kappa shape index (κ3) is 7.07. The number of rotatable bonds is 9. The van der Waals surface area contributed by atoms with Crippen LogP contribution in [-0.2, 0) is 20.1 Å². The molecule has 1 fully saturated rings. The Morgan fingerprint density at radius 2 is 1.63 bits per heavy atom. The lowest BCUT2D eigenvalue weighted by Crippen LogP contribution is -2.48. The van der Waals surface area contributed by atoms with Crippen LogP contribution in [0.25, 0.3) is 0 Å². The molecule has 0 amide bonds. The average Bonchev–Trinajstić information content (AvgIpc) is 3.09. The molecule has 7 nitrogen and oxygen atoms in total. The summed E-state index contributed by atoms with van der Waals surface area (Å²) >= 11 is 3.39. The number of alkyl halides is 1. The van der Waals surface area contributed by atoms with Crippen molar-refractivity contribution in [1.82, 2.24) is 9.13 Å². The summed E-state index contributed by atoms with van der Waals surface area (Å²) in [5.41, 5.74) is -0.0358. The average molecular weight is 592 g/mol. The van der Waals surface area contributed by atoms with Crippen LogP contribution in [0.2, 0.25) is 36.3 Å². The van der Waals surface area contributed by atoms with Gasteiger partial charge in [0, 0.05) is 30.1 Å². The molecular weight excluding hydrogens is 544 g/mol. The number of nitrogens with zero attached hydrogens (tertiary/aromatic N) is 2. The van der Waals surface area contributed by atoms with Gasteiger partial charge in [0.05, 0.1) is 12.7 Å². The van der Waals surface area contributed by atoms with Crippen LogP contribution < -0.4 is 11.2 Å². The quantitative estimate of drug-likeness (QED) is 0.268. The first-order valence-electron chi connectivity index (χ1n) is 12.7. The molecule has 1 aromatic rings. The van der Waals surface area contributed by atoms with E-state index in [4.69, 9.17) is 13.6 Å². The Labute approximate surface area is 221 Å². The molecule has 2 rings (SSSR count). The summed E-state index contributed by atoms with van der Waals surface area (Å²) in [7, 11) is -4.08. The van der Waals surface area contributed by atoms with Crippen molar-refractivity contribution < 1.29 is 13.6 Å². The van der Waals surface area contributed by atoms with Crippen molar-refractivity contribution in [1.29, 1.82) is 0 Å². The predicted octanol–water partition coefficient (Wildman–Crippen LogP) is 5.80.